The normalized spacial score (nSPS) is 12.2. The number of sulfonamides is 1. The maximum atomic E-state index is 12.9. The van der Waals surface area contributed by atoms with Gasteiger partial charge < -0.3 is 5.32 Å². The number of rotatable bonds is 7. The van der Waals surface area contributed by atoms with E-state index in [9.17, 15) is 13.2 Å². The lowest BCUT2D eigenvalue weighted by molar-refractivity contribution is -0.120. The fraction of sp³-hybridized carbons (Fsp3) is 0.174. The minimum atomic E-state index is -3.61. The van der Waals surface area contributed by atoms with Crippen LogP contribution in [0.3, 0.4) is 0 Å². The van der Waals surface area contributed by atoms with Gasteiger partial charge in [-0.15, -0.1) is 0 Å². The van der Waals surface area contributed by atoms with Gasteiger partial charge in [0.25, 0.3) is 0 Å². The number of carbonyl (C=O) groups excluding carboxylic acids is 1. The van der Waals surface area contributed by atoms with E-state index in [1.165, 1.54) is 0 Å². The molecule has 3 rings (SSSR count). The van der Waals surface area contributed by atoms with Gasteiger partial charge in [0, 0.05) is 0 Å². The molecule has 0 aromatic heterocycles. The molecule has 6 heteroatoms. The van der Waals surface area contributed by atoms with Gasteiger partial charge in [-0.3, -0.25) is 9.10 Å². The second kappa shape index (κ2) is 8.92. The van der Waals surface area contributed by atoms with Gasteiger partial charge in [0.2, 0.25) is 15.9 Å². The third-order valence-corrected chi connectivity index (χ3v) is 5.72. The van der Waals surface area contributed by atoms with Gasteiger partial charge in [0.05, 0.1) is 18.0 Å². The van der Waals surface area contributed by atoms with E-state index in [0.29, 0.717) is 5.69 Å². The van der Waals surface area contributed by atoms with Crippen molar-refractivity contribution in [3.63, 3.8) is 0 Å². The number of hydrogen-bond acceptors (Lipinski definition) is 3. The molecule has 5 nitrogen and oxygen atoms in total. The first kappa shape index (κ1) is 20.6. The summed E-state index contributed by atoms with van der Waals surface area (Å²) in [5.74, 6) is -0.381. The highest BCUT2D eigenvalue weighted by atomic mass is 32.2. The lowest BCUT2D eigenvalue weighted by atomic mass is 9.98. The maximum absolute atomic E-state index is 12.9. The summed E-state index contributed by atoms with van der Waals surface area (Å²) in [5, 5.41) is 3.00. The fourth-order valence-electron chi connectivity index (χ4n) is 3.09. The maximum Gasteiger partial charge on any atom is 0.241 e. The first-order valence-electron chi connectivity index (χ1n) is 9.28. The van der Waals surface area contributed by atoms with Crippen LogP contribution in [0.25, 0.3) is 0 Å². The van der Waals surface area contributed by atoms with E-state index in [1.807, 2.05) is 61.5 Å². The Hall–Kier alpha value is -3.12. The molecule has 0 fully saturated rings. The van der Waals surface area contributed by atoms with Gasteiger partial charge in [0.1, 0.15) is 6.54 Å². The number of aryl methyl sites for hydroxylation is 1. The number of amides is 1. The molecule has 1 amide bonds. The molecule has 0 heterocycles. The predicted octanol–water partition coefficient (Wildman–Crippen LogP) is 3.67. The number of benzene rings is 3. The molecule has 0 radical (unpaired) electrons. The van der Waals surface area contributed by atoms with Crippen LogP contribution in [0, 0.1) is 6.92 Å². The molecule has 1 N–H and O–H groups in total. The van der Waals surface area contributed by atoms with E-state index in [1.54, 1.807) is 30.3 Å². The van der Waals surface area contributed by atoms with E-state index in [0.717, 1.165) is 27.3 Å². The smallest absolute Gasteiger partial charge is 0.241 e. The highest BCUT2D eigenvalue weighted by molar-refractivity contribution is 7.92. The van der Waals surface area contributed by atoms with Crippen molar-refractivity contribution in [1.29, 1.82) is 0 Å². The van der Waals surface area contributed by atoms with Crippen LogP contribution in [0.1, 0.15) is 22.7 Å². The largest absolute Gasteiger partial charge is 0.344 e. The van der Waals surface area contributed by atoms with Crippen molar-refractivity contribution in [2.24, 2.45) is 0 Å². The van der Waals surface area contributed by atoms with Gasteiger partial charge in [0.15, 0.2) is 0 Å². The zero-order valence-electron chi connectivity index (χ0n) is 16.4. The number of carbonyl (C=O) groups is 1. The Kier molecular flexibility index (Phi) is 6.34. The Morgan fingerprint density at radius 3 is 1.93 bits per heavy atom. The molecular weight excluding hydrogens is 384 g/mol. The molecule has 29 heavy (non-hydrogen) atoms. The monoisotopic (exact) mass is 408 g/mol. The molecule has 1 atom stereocenters. The molecule has 0 aliphatic heterocycles. The standard InChI is InChI=1S/C23H24N2O3S/c1-18-13-15-20(16-14-18)23(19-9-5-3-6-10-19)24-22(26)17-25(29(2,27)28)21-11-7-4-8-12-21/h3-16,23H,17H2,1-2H3,(H,24,26)/t23-/m1/s1. The van der Waals surface area contributed by atoms with Crippen molar-refractivity contribution in [1.82, 2.24) is 5.32 Å². The Labute approximate surface area is 172 Å². The van der Waals surface area contributed by atoms with E-state index < -0.39 is 10.0 Å². The van der Waals surface area contributed by atoms with Crippen LogP contribution in [0.5, 0.6) is 0 Å². The molecular formula is C23H24N2O3S. The summed E-state index contributed by atoms with van der Waals surface area (Å²) < 4.78 is 25.7. The van der Waals surface area contributed by atoms with Gasteiger partial charge in [-0.2, -0.15) is 0 Å². The van der Waals surface area contributed by atoms with Crippen molar-refractivity contribution in [2.45, 2.75) is 13.0 Å². The summed E-state index contributed by atoms with van der Waals surface area (Å²) in [4.78, 5) is 12.9. The second-order valence-corrected chi connectivity index (χ2v) is 8.83. The third-order valence-electron chi connectivity index (χ3n) is 4.58. The van der Waals surface area contributed by atoms with Crippen LogP contribution < -0.4 is 9.62 Å². The van der Waals surface area contributed by atoms with Gasteiger partial charge in [-0.25, -0.2) is 8.42 Å². The van der Waals surface area contributed by atoms with E-state index in [4.69, 9.17) is 0 Å². The summed E-state index contributed by atoms with van der Waals surface area (Å²) >= 11 is 0. The van der Waals surface area contributed by atoms with E-state index in [2.05, 4.69) is 5.32 Å². The Morgan fingerprint density at radius 2 is 1.38 bits per heavy atom. The molecule has 0 unspecified atom stereocenters. The average Bonchev–Trinajstić information content (AvgIpc) is 2.71. The van der Waals surface area contributed by atoms with Gasteiger partial charge in [-0.1, -0.05) is 78.4 Å². The Morgan fingerprint density at radius 1 is 0.862 bits per heavy atom. The van der Waals surface area contributed by atoms with Crippen molar-refractivity contribution in [3.05, 3.63) is 102 Å². The SMILES string of the molecule is Cc1ccc([C@H](NC(=O)CN(c2ccccc2)S(C)(=O)=O)c2ccccc2)cc1. The van der Waals surface area contributed by atoms with Crippen LogP contribution in [-0.4, -0.2) is 27.1 Å². The fourth-order valence-corrected chi connectivity index (χ4v) is 3.95. The van der Waals surface area contributed by atoms with Gasteiger partial charge in [-0.05, 0) is 30.2 Å². The summed E-state index contributed by atoms with van der Waals surface area (Å²) in [5.41, 5.74) is 3.44. The molecule has 3 aromatic rings. The molecule has 0 saturated carbocycles. The molecule has 0 spiro atoms. The topological polar surface area (TPSA) is 66.5 Å². The summed E-state index contributed by atoms with van der Waals surface area (Å²) in [7, 11) is -3.61. The third kappa shape index (κ3) is 5.45. The first-order valence-corrected chi connectivity index (χ1v) is 11.1. The van der Waals surface area contributed by atoms with Crippen molar-refractivity contribution in [2.75, 3.05) is 17.1 Å². The highest BCUT2D eigenvalue weighted by Crippen LogP contribution is 2.23. The lowest BCUT2D eigenvalue weighted by Gasteiger charge is -2.25. The van der Waals surface area contributed by atoms with Crippen molar-refractivity contribution < 1.29 is 13.2 Å². The average molecular weight is 409 g/mol. The Balaban J connectivity index is 1.87. The van der Waals surface area contributed by atoms with E-state index >= 15 is 0 Å². The quantitative estimate of drug-likeness (QED) is 0.649. The number of para-hydroxylation sites is 1. The molecule has 0 saturated heterocycles. The summed E-state index contributed by atoms with van der Waals surface area (Å²) in [6.45, 7) is 1.71. The van der Waals surface area contributed by atoms with Gasteiger partial charge >= 0.3 is 0 Å². The first-order chi connectivity index (χ1) is 13.8. The van der Waals surface area contributed by atoms with Crippen molar-refractivity contribution in [3.8, 4) is 0 Å². The van der Waals surface area contributed by atoms with E-state index in [-0.39, 0.29) is 18.5 Å². The summed E-state index contributed by atoms with van der Waals surface area (Å²) in [6.07, 6.45) is 1.10. The highest BCUT2D eigenvalue weighted by Gasteiger charge is 2.23. The van der Waals surface area contributed by atoms with Crippen LogP contribution in [0.4, 0.5) is 5.69 Å². The molecule has 0 aliphatic rings. The number of nitrogens with one attached hydrogen (secondary N) is 1. The number of anilines is 1. The van der Waals surface area contributed by atoms with Crippen LogP contribution in [0.2, 0.25) is 0 Å². The minimum Gasteiger partial charge on any atom is -0.344 e. The lowest BCUT2D eigenvalue weighted by Crippen LogP contribution is -2.41. The van der Waals surface area contributed by atoms with Crippen LogP contribution in [-0.2, 0) is 14.8 Å². The molecule has 0 bridgehead atoms. The summed E-state index contributed by atoms with van der Waals surface area (Å²) in [6, 6.07) is 25.8. The minimum absolute atomic E-state index is 0.294. The molecule has 0 aliphatic carbocycles. The predicted molar refractivity (Wildman–Crippen MR) is 116 cm³/mol. The van der Waals surface area contributed by atoms with Crippen LogP contribution in [0.15, 0.2) is 84.9 Å². The second-order valence-electron chi connectivity index (χ2n) is 6.93. The number of hydrogen-bond donors (Lipinski definition) is 1. The zero-order chi connectivity index (χ0) is 20.9. The zero-order valence-corrected chi connectivity index (χ0v) is 17.3. The molecule has 3 aromatic carbocycles. The van der Waals surface area contributed by atoms with Crippen molar-refractivity contribution >= 4 is 21.6 Å². The Bertz CT molecular complexity index is 1050. The van der Waals surface area contributed by atoms with Crippen LogP contribution >= 0.6 is 0 Å². The molecule has 150 valence electrons. The number of nitrogens with zero attached hydrogens (tertiary/aromatic N) is 1.